The van der Waals surface area contributed by atoms with Crippen molar-refractivity contribution < 1.29 is 9.47 Å². The molecular weight excluding hydrogens is 609 g/mol. The fourth-order valence-corrected chi connectivity index (χ4v) is 6.26. The lowest BCUT2D eigenvalue weighted by atomic mass is 9.98. The third-order valence-corrected chi connectivity index (χ3v) is 8.70. The molecule has 0 unspecified atom stereocenters. The Labute approximate surface area is 293 Å². The maximum Gasteiger partial charge on any atom is 0.131 e. The molecule has 0 amide bonds. The molecule has 238 valence electrons. The predicted octanol–water partition coefficient (Wildman–Crippen LogP) is 13.6. The molecule has 0 aliphatic carbocycles. The van der Waals surface area contributed by atoms with Gasteiger partial charge in [0.05, 0.1) is 0 Å². The molecule has 0 aliphatic heterocycles. The maximum atomic E-state index is 6.75. The number of hydrogen-bond donors (Lipinski definition) is 0. The molecule has 0 atom stereocenters. The summed E-state index contributed by atoms with van der Waals surface area (Å²) in [5.41, 5.74) is 10.9. The molecule has 0 saturated carbocycles. The Balaban J connectivity index is 1.21. The van der Waals surface area contributed by atoms with Gasteiger partial charge in [0.1, 0.15) is 23.0 Å². The van der Waals surface area contributed by atoms with Crippen molar-refractivity contribution in [3.8, 4) is 78.6 Å². The SMILES string of the molecule is c1ccc(-c2cc(Oc3cc(-c4ccccc4)cc(-c4ccccc4)c3)cc(Oc3cc(-c4ccccc4)cc(-c4ccccc4)c3)c2)cc1. The highest BCUT2D eigenvalue weighted by atomic mass is 16.5. The van der Waals surface area contributed by atoms with Crippen molar-refractivity contribution in [2.24, 2.45) is 0 Å². The van der Waals surface area contributed by atoms with Crippen LogP contribution in [0.3, 0.4) is 0 Å². The van der Waals surface area contributed by atoms with Crippen LogP contribution in [0.25, 0.3) is 55.6 Å². The Bertz CT molecular complexity index is 2070. The van der Waals surface area contributed by atoms with Gasteiger partial charge >= 0.3 is 0 Å². The molecule has 0 spiro atoms. The first kappa shape index (κ1) is 30.7. The van der Waals surface area contributed by atoms with Crippen LogP contribution in [0.1, 0.15) is 0 Å². The van der Waals surface area contributed by atoms with E-state index in [1.165, 1.54) is 0 Å². The summed E-state index contributed by atoms with van der Waals surface area (Å²) in [6.07, 6.45) is 0. The van der Waals surface area contributed by atoms with Gasteiger partial charge < -0.3 is 9.47 Å². The van der Waals surface area contributed by atoms with Crippen molar-refractivity contribution >= 4 is 0 Å². The molecule has 8 aromatic carbocycles. The normalized spacial score (nSPS) is 10.8. The van der Waals surface area contributed by atoms with Crippen LogP contribution in [0.15, 0.2) is 206 Å². The zero-order valence-electron chi connectivity index (χ0n) is 27.4. The van der Waals surface area contributed by atoms with Crippen molar-refractivity contribution in [2.75, 3.05) is 0 Å². The van der Waals surface area contributed by atoms with Gasteiger partial charge in [0.25, 0.3) is 0 Å². The Morgan fingerprint density at radius 1 is 0.180 bits per heavy atom. The van der Waals surface area contributed by atoms with E-state index in [0.29, 0.717) is 11.5 Å². The van der Waals surface area contributed by atoms with Gasteiger partial charge in [0.15, 0.2) is 0 Å². The van der Waals surface area contributed by atoms with Crippen LogP contribution < -0.4 is 9.47 Å². The summed E-state index contributed by atoms with van der Waals surface area (Å²) in [5, 5.41) is 0. The lowest BCUT2D eigenvalue weighted by Gasteiger charge is -2.16. The molecule has 0 saturated heterocycles. The van der Waals surface area contributed by atoms with Gasteiger partial charge in [0, 0.05) is 6.07 Å². The van der Waals surface area contributed by atoms with Crippen LogP contribution >= 0.6 is 0 Å². The summed E-state index contributed by atoms with van der Waals surface area (Å²) in [4.78, 5) is 0. The maximum absolute atomic E-state index is 6.75. The summed E-state index contributed by atoms with van der Waals surface area (Å²) in [6.45, 7) is 0. The highest BCUT2D eigenvalue weighted by Crippen LogP contribution is 2.39. The first-order chi connectivity index (χ1) is 24.7. The third-order valence-electron chi connectivity index (χ3n) is 8.70. The standard InChI is InChI=1S/C48H34O2/c1-6-16-35(17-7-1)40-26-41(36-18-8-2-9-19-36)29-45(28-40)49-47-32-44(39-24-14-5-15-25-39)33-48(34-47)50-46-30-42(37-20-10-3-11-21-37)27-43(31-46)38-22-12-4-13-23-38/h1-34H. The quantitative estimate of drug-likeness (QED) is 0.156. The highest BCUT2D eigenvalue weighted by Gasteiger charge is 2.13. The molecule has 2 heteroatoms. The van der Waals surface area contributed by atoms with Crippen LogP contribution in [0.4, 0.5) is 0 Å². The molecule has 0 aromatic heterocycles. The van der Waals surface area contributed by atoms with Crippen LogP contribution in [0.2, 0.25) is 0 Å². The molecule has 8 aromatic rings. The monoisotopic (exact) mass is 642 g/mol. The number of benzene rings is 8. The summed E-state index contributed by atoms with van der Waals surface area (Å²) < 4.78 is 13.5. The Morgan fingerprint density at radius 2 is 0.380 bits per heavy atom. The van der Waals surface area contributed by atoms with Crippen LogP contribution in [0.5, 0.6) is 23.0 Å². The van der Waals surface area contributed by atoms with E-state index in [9.17, 15) is 0 Å². The van der Waals surface area contributed by atoms with E-state index < -0.39 is 0 Å². The Morgan fingerprint density at radius 3 is 0.620 bits per heavy atom. The molecule has 0 radical (unpaired) electrons. The summed E-state index contributed by atoms with van der Waals surface area (Å²) >= 11 is 0. The van der Waals surface area contributed by atoms with Gasteiger partial charge in [0.2, 0.25) is 0 Å². The molecule has 0 bridgehead atoms. The van der Waals surface area contributed by atoms with Gasteiger partial charge in [-0.05, 0) is 104 Å². The second-order valence-corrected chi connectivity index (χ2v) is 12.2. The first-order valence-corrected chi connectivity index (χ1v) is 16.8. The van der Waals surface area contributed by atoms with E-state index in [4.69, 9.17) is 9.47 Å². The van der Waals surface area contributed by atoms with Gasteiger partial charge in [-0.15, -0.1) is 0 Å². The molecule has 2 nitrogen and oxygen atoms in total. The molecule has 0 heterocycles. The molecule has 50 heavy (non-hydrogen) atoms. The fourth-order valence-electron chi connectivity index (χ4n) is 6.26. The van der Waals surface area contributed by atoms with E-state index in [-0.39, 0.29) is 0 Å². The van der Waals surface area contributed by atoms with Crippen LogP contribution in [-0.4, -0.2) is 0 Å². The zero-order chi connectivity index (χ0) is 33.5. The Kier molecular flexibility index (Phi) is 8.73. The second kappa shape index (κ2) is 14.2. The predicted molar refractivity (Wildman–Crippen MR) is 207 cm³/mol. The van der Waals surface area contributed by atoms with Crippen LogP contribution in [-0.2, 0) is 0 Å². The minimum Gasteiger partial charge on any atom is -0.457 e. The molecule has 0 N–H and O–H groups in total. The van der Waals surface area contributed by atoms with Crippen molar-refractivity contribution in [1.29, 1.82) is 0 Å². The zero-order valence-corrected chi connectivity index (χ0v) is 27.4. The highest BCUT2D eigenvalue weighted by molar-refractivity contribution is 5.77. The lowest BCUT2D eigenvalue weighted by molar-refractivity contribution is 0.461. The minimum absolute atomic E-state index is 0.688. The molecule has 8 rings (SSSR count). The van der Waals surface area contributed by atoms with E-state index in [2.05, 4.69) is 158 Å². The van der Waals surface area contributed by atoms with E-state index >= 15 is 0 Å². The van der Waals surface area contributed by atoms with Crippen molar-refractivity contribution in [2.45, 2.75) is 0 Å². The molecule has 0 aliphatic rings. The van der Waals surface area contributed by atoms with E-state index in [1.54, 1.807) is 0 Å². The lowest BCUT2D eigenvalue weighted by Crippen LogP contribution is -1.92. The number of rotatable bonds is 9. The first-order valence-electron chi connectivity index (χ1n) is 16.8. The van der Waals surface area contributed by atoms with Crippen molar-refractivity contribution in [3.05, 3.63) is 206 Å². The van der Waals surface area contributed by atoms with Crippen molar-refractivity contribution in [1.82, 2.24) is 0 Å². The number of ether oxygens (including phenoxy) is 2. The second-order valence-electron chi connectivity index (χ2n) is 12.2. The summed E-state index contributed by atoms with van der Waals surface area (Å²) in [5.74, 6) is 2.87. The van der Waals surface area contributed by atoms with Gasteiger partial charge in [-0.25, -0.2) is 0 Å². The van der Waals surface area contributed by atoms with Crippen LogP contribution in [0, 0.1) is 0 Å². The van der Waals surface area contributed by atoms with E-state index in [1.807, 2.05) is 48.5 Å². The van der Waals surface area contributed by atoms with Gasteiger partial charge in [-0.3, -0.25) is 0 Å². The largest absolute Gasteiger partial charge is 0.457 e. The van der Waals surface area contributed by atoms with Crippen molar-refractivity contribution in [3.63, 3.8) is 0 Å². The van der Waals surface area contributed by atoms with Gasteiger partial charge in [-0.2, -0.15) is 0 Å². The fraction of sp³-hybridized carbons (Fsp3) is 0. The Hall–Kier alpha value is -6.64. The molecule has 0 fully saturated rings. The average Bonchev–Trinajstić information content (AvgIpc) is 3.19. The molecular formula is C48H34O2. The average molecular weight is 643 g/mol. The topological polar surface area (TPSA) is 18.5 Å². The number of hydrogen-bond acceptors (Lipinski definition) is 2. The summed E-state index contributed by atoms with van der Waals surface area (Å²) in [7, 11) is 0. The smallest absolute Gasteiger partial charge is 0.131 e. The summed E-state index contributed by atoms with van der Waals surface area (Å²) in [6, 6.07) is 71.0. The van der Waals surface area contributed by atoms with E-state index in [0.717, 1.165) is 67.1 Å². The van der Waals surface area contributed by atoms with Gasteiger partial charge in [-0.1, -0.05) is 152 Å². The third kappa shape index (κ3) is 7.11. The minimum atomic E-state index is 0.688.